The fourth-order valence-electron chi connectivity index (χ4n) is 4.32. The van der Waals surface area contributed by atoms with Crippen molar-refractivity contribution in [2.75, 3.05) is 17.1 Å². The fourth-order valence-corrected chi connectivity index (χ4v) is 5.38. The van der Waals surface area contributed by atoms with Crippen molar-refractivity contribution in [1.82, 2.24) is 10.2 Å². The van der Waals surface area contributed by atoms with Crippen molar-refractivity contribution in [1.29, 1.82) is 0 Å². The molecule has 2 aromatic carbocycles. The Morgan fingerprint density at radius 2 is 1.74 bits per heavy atom. The van der Waals surface area contributed by atoms with Gasteiger partial charge in [-0.1, -0.05) is 55.6 Å². The van der Waals surface area contributed by atoms with Crippen LogP contribution in [0.1, 0.15) is 50.7 Å². The van der Waals surface area contributed by atoms with Crippen LogP contribution >= 0.6 is 11.6 Å². The number of halogens is 1. The standard InChI is InChI=1S/C26H34ClN3O4S/c1-4-20-12-14-24(15-13-20)30(35(3,33)34)18-25(31)29(17-21-8-7-9-22(27)16-21)19(2)26(32)28-23-10-5-6-11-23/h7-9,12-16,19,23H,4-6,10-11,17-18H2,1-3H3,(H,28,32). The molecule has 1 N–H and O–H groups in total. The topological polar surface area (TPSA) is 86.8 Å². The summed E-state index contributed by atoms with van der Waals surface area (Å²) in [5.41, 5.74) is 2.22. The van der Waals surface area contributed by atoms with Gasteiger partial charge in [0.05, 0.1) is 11.9 Å². The van der Waals surface area contributed by atoms with Gasteiger partial charge in [0, 0.05) is 17.6 Å². The van der Waals surface area contributed by atoms with Gasteiger partial charge in [-0.05, 0) is 61.6 Å². The number of carbonyl (C=O) groups is 2. The summed E-state index contributed by atoms with van der Waals surface area (Å²) >= 11 is 6.14. The predicted octanol–water partition coefficient (Wildman–Crippen LogP) is 4.14. The maximum atomic E-state index is 13.6. The molecular weight excluding hydrogens is 486 g/mol. The number of hydrogen-bond acceptors (Lipinski definition) is 4. The number of anilines is 1. The lowest BCUT2D eigenvalue weighted by atomic mass is 10.1. The van der Waals surface area contributed by atoms with Crippen molar-refractivity contribution in [2.24, 2.45) is 0 Å². The molecule has 0 heterocycles. The van der Waals surface area contributed by atoms with Crippen LogP contribution in [0, 0.1) is 0 Å². The largest absolute Gasteiger partial charge is 0.352 e. The van der Waals surface area contributed by atoms with Gasteiger partial charge in [-0.2, -0.15) is 0 Å². The van der Waals surface area contributed by atoms with Gasteiger partial charge in [0.15, 0.2) is 0 Å². The molecule has 3 rings (SSSR count). The van der Waals surface area contributed by atoms with Gasteiger partial charge in [-0.3, -0.25) is 13.9 Å². The van der Waals surface area contributed by atoms with Gasteiger partial charge in [0.25, 0.3) is 0 Å². The lowest BCUT2D eigenvalue weighted by Gasteiger charge is -2.32. The van der Waals surface area contributed by atoms with Gasteiger partial charge in [0.1, 0.15) is 12.6 Å². The molecule has 1 unspecified atom stereocenters. The van der Waals surface area contributed by atoms with E-state index in [4.69, 9.17) is 11.6 Å². The molecule has 190 valence electrons. The van der Waals surface area contributed by atoms with E-state index in [9.17, 15) is 18.0 Å². The van der Waals surface area contributed by atoms with E-state index >= 15 is 0 Å². The molecule has 1 saturated carbocycles. The van der Waals surface area contributed by atoms with E-state index in [1.54, 1.807) is 37.3 Å². The number of nitrogens with one attached hydrogen (secondary N) is 1. The summed E-state index contributed by atoms with van der Waals surface area (Å²) in [4.78, 5) is 28.1. The van der Waals surface area contributed by atoms with Crippen LogP contribution < -0.4 is 9.62 Å². The van der Waals surface area contributed by atoms with Gasteiger partial charge >= 0.3 is 0 Å². The molecule has 7 nitrogen and oxygen atoms in total. The third-order valence-corrected chi connectivity index (χ3v) is 7.80. The molecule has 0 radical (unpaired) electrons. The van der Waals surface area contributed by atoms with Crippen LogP contribution in [0.15, 0.2) is 48.5 Å². The maximum absolute atomic E-state index is 13.6. The smallest absolute Gasteiger partial charge is 0.244 e. The van der Waals surface area contributed by atoms with Gasteiger partial charge in [-0.25, -0.2) is 8.42 Å². The third kappa shape index (κ3) is 7.45. The molecule has 0 aromatic heterocycles. The maximum Gasteiger partial charge on any atom is 0.244 e. The summed E-state index contributed by atoms with van der Waals surface area (Å²) < 4.78 is 26.4. The summed E-state index contributed by atoms with van der Waals surface area (Å²) in [5.74, 6) is -0.713. The molecule has 1 aliphatic carbocycles. The molecule has 1 aliphatic rings. The molecule has 2 aromatic rings. The zero-order valence-corrected chi connectivity index (χ0v) is 22.1. The quantitative estimate of drug-likeness (QED) is 0.511. The van der Waals surface area contributed by atoms with Crippen LogP contribution in [0.4, 0.5) is 5.69 Å². The number of amides is 2. The molecule has 1 atom stereocenters. The average Bonchev–Trinajstić information content (AvgIpc) is 3.33. The molecular formula is C26H34ClN3O4S. The Balaban J connectivity index is 1.87. The Hall–Kier alpha value is -2.58. The minimum atomic E-state index is -3.75. The molecule has 0 saturated heterocycles. The normalized spacial score (nSPS) is 15.0. The molecule has 1 fully saturated rings. The summed E-state index contributed by atoms with van der Waals surface area (Å²) in [6.07, 6.45) is 5.90. The number of sulfonamides is 1. The molecule has 35 heavy (non-hydrogen) atoms. The van der Waals surface area contributed by atoms with Crippen LogP contribution in [0.2, 0.25) is 5.02 Å². The summed E-state index contributed by atoms with van der Waals surface area (Å²) in [7, 11) is -3.75. The highest BCUT2D eigenvalue weighted by Gasteiger charge is 2.31. The summed E-state index contributed by atoms with van der Waals surface area (Å²) in [6.45, 7) is 3.41. The van der Waals surface area contributed by atoms with Crippen molar-refractivity contribution < 1.29 is 18.0 Å². The number of rotatable bonds is 10. The molecule has 0 aliphatic heterocycles. The second kappa shape index (κ2) is 11.9. The average molecular weight is 520 g/mol. The van der Waals surface area contributed by atoms with Crippen LogP contribution in [0.5, 0.6) is 0 Å². The van der Waals surface area contributed by atoms with E-state index in [0.717, 1.165) is 53.8 Å². The number of benzene rings is 2. The van der Waals surface area contributed by atoms with E-state index in [0.29, 0.717) is 10.7 Å². The zero-order chi connectivity index (χ0) is 25.6. The van der Waals surface area contributed by atoms with Crippen molar-refractivity contribution in [2.45, 2.75) is 64.6 Å². The Morgan fingerprint density at radius 1 is 1.09 bits per heavy atom. The number of aryl methyl sites for hydroxylation is 1. The van der Waals surface area contributed by atoms with Crippen molar-refractivity contribution in [3.05, 3.63) is 64.7 Å². The molecule has 2 amide bonds. The van der Waals surface area contributed by atoms with Gasteiger partial charge in [0.2, 0.25) is 21.8 Å². The van der Waals surface area contributed by atoms with Crippen molar-refractivity contribution in [3.8, 4) is 0 Å². The Kier molecular flexibility index (Phi) is 9.19. The van der Waals surface area contributed by atoms with E-state index in [1.807, 2.05) is 25.1 Å². The second-order valence-corrected chi connectivity index (χ2v) is 11.5. The first-order chi connectivity index (χ1) is 16.6. The highest BCUT2D eigenvalue weighted by molar-refractivity contribution is 7.92. The summed E-state index contributed by atoms with van der Waals surface area (Å²) in [6, 6.07) is 13.5. The summed E-state index contributed by atoms with van der Waals surface area (Å²) in [5, 5.41) is 3.57. The van der Waals surface area contributed by atoms with Crippen molar-refractivity contribution >= 4 is 39.1 Å². The highest BCUT2D eigenvalue weighted by Crippen LogP contribution is 2.22. The first-order valence-corrected chi connectivity index (χ1v) is 14.2. The van der Waals surface area contributed by atoms with Crippen molar-refractivity contribution in [3.63, 3.8) is 0 Å². The number of hydrogen-bond donors (Lipinski definition) is 1. The van der Waals surface area contributed by atoms with E-state index < -0.39 is 28.5 Å². The molecule has 0 bridgehead atoms. The monoisotopic (exact) mass is 519 g/mol. The second-order valence-electron chi connectivity index (χ2n) is 9.11. The minimum Gasteiger partial charge on any atom is -0.352 e. The first-order valence-electron chi connectivity index (χ1n) is 12.0. The number of nitrogens with zero attached hydrogens (tertiary/aromatic N) is 2. The zero-order valence-electron chi connectivity index (χ0n) is 20.5. The molecule has 9 heteroatoms. The van der Waals surface area contributed by atoms with E-state index in [-0.39, 0.29) is 18.5 Å². The lowest BCUT2D eigenvalue weighted by Crippen LogP contribution is -2.52. The molecule has 0 spiro atoms. The van der Waals surface area contributed by atoms with Crippen LogP contribution in [-0.4, -0.2) is 50.0 Å². The Labute approximate surface area is 213 Å². The SMILES string of the molecule is CCc1ccc(N(CC(=O)N(Cc2cccc(Cl)c2)C(C)C(=O)NC2CCCC2)S(C)(=O)=O)cc1. The van der Waals surface area contributed by atoms with E-state index in [2.05, 4.69) is 5.32 Å². The van der Waals surface area contributed by atoms with Gasteiger partial charge < -0.3 is 10.2 Å². The first kappa shape index (κ1) is 27.0. The van der Waals surface area contributed by atoms with E-state index in [1.165, 1.54) is 4.90 Å². The highest BCUT2D eigenvalue weighted by atomic mass is 35.5. The van der Waals surface area contributed by atoms with Crippen LogP contribution in [0.25, 0.3) is 0 Å². The van der Waals surface area contributed by atoms with Crippen LogP contribution in [-0.2, 0) is 32.6 Å². The fraction of sp³-hybridized carbons (Fsp3) is 0.462. The van der Waals surface area contributed by atoms with Gasteiger partial charge in [-0.15, -0.1) is 0 Å². The number of carbonyl (C=O) groups excluding carboxylic acids is 2. The lowest BCUT2D eigenvalue weighted by molar-refractivity contribution is -0.139. The Bertz CT molecular complexity index is 1130. The predicted molar refractivity (Wildman–Crippen MR) is 140 cm³/mol. The Morgan fingerprint density at radius 3 is 2.31 bits per heavy atom. The van der Waals surface area contributed by atoms with Crippen LogP contribution in [0.3, 0.4) is 0 Å². The minimum absolute atomic E-state index is 0.109. The third-order valence-electron chi connectivity index (χ3n) is 6.42.